The summed E-state index contributed by atoms with van der Waals surface area (Å²) in [7, 11) is 2.04. The lowest BCUT2D eigenvalue weighted by molar-refractivity contribution is 0.102. The van der Waals surface area contributed by atoms with E-state index in [0.717, 1.165) is 57.3 Å². The number of nitrogens with one attached hydrogen (secondary N) is 3. The first-order valence-electron chi connectivity index (χ1n) is 17.5. The number of amides is 1. The summed E-state index contributed by atoms with van der Waals surface area (Å²) < 4.78 is 0. The molecule has 262 valence electrons. The maximum atomic E-state index is 13.2. The minimum Gasteiger partial charge on any atom is -0.362 e. The fourth-order valence-electron chi connectivity index (χ4n) is 5.59. The first-order chi connectivity index (χ1) is 25.5. The molecule has 0 unspecified atom stereocenters. The molecule has 0 bridgehead atoms. The summed E-state index contributed by atoms with van der Waals surface area (Å²) in [6.45, 7) is 6.83. The third-order valence-corrected chi connectivity index (χ3v) is 8.57. The third-order valence-electron chi connectivity index (χ3n) is 8.57. The molecule has 1 heterocycles. The molecule has 5 rings (SSSR count). The molecule has 3 N–H and O–H groups in total. The van der Waals surface area contributed by atoms with Crippen LogP contribution in [0.2, 0.25) is 0 Å². The van der Waals surface area contributed by atoms with Gasteiger partial charge in [-0.1, -0.05) is 66.8 Å². The largest absolute Gasteiger partial charge is 0.362 e. The number of rotatable bonds is 14. The molecular weight excluding hydrogens is 639 g/mol. The molecule has 0 radical (unpaired) electrons. The third kappa shape index (κ3) is 10.5. The van der Waals surface area contributed by atoms with Crippen LogP contribution in [0.3, 0.4) is 0 Å². The van der Waals surface area contributed by atoms with Gasteiger partial charge in [-0.05, 0) is 134 Å². The van der Waals surface area contributed by atoms with Crippen LogP contribution in [-0.2, 0) is 0 Å². The van der Waals surface area contributed by atoms with Gasteiger partial charge in [0.05, 0.1) is 0 Å². The Balaban J connectivity index is 1.12. The van der Waals surface area contributed by atoms with Gasteiger partial charge >= 0.3 is 0 Å². The van der Waals surface area contributed by atoms with Crippen LogP contribution in [-0.4, -0.2) is 19.5 Å². The number of benzene rings is 4. The highest BCUT2D eigenvalue weighted by Gasteiger charge is 2.11. The van der Waals surface area contributed by atoms with Gasteiger partial charge in [0, 0.05) is 72.4 Å². The highest BCUT2D eigenvalue weighted by Crippen LogP contribution is 2.25. The van der Waals surface area contributed by atoms with Crippen molar-refractivity contribution in [1.82, 2.24) is 0 Å². The molecule has 0 saturated heterocycles. The van der Waals surface area contributed by atoms with E-state index in [-0.39, 0.29) is 5.91 Å². The average molecular weight is 686 g/mol. The van der Waals surface area contributed by atoms with E-state index < -0.39 is 0 Å². The van der Waals surface area contributed by atoms with E-state index in [1.807, 2.05) is 143 Å². The number of hydrogen-bond acceptors (Lipinski definition) is 5. The Labute approximate surface area is 308 Å². The van der Waals surface area contributed by atoms with Crippen LogP contribution in [0.25, 0.3) is 0 Å². The summed E-state index contributed by atoms with van der Waals surface area (Å²) in [5.41, 5.74) is 9.88. The lowest BCUT2D eigenvalue weighted by Crippen LogP contribution is -2.19. The lowest BCUT2D eigenvalue weighted by atomic mass is 10.0. The Morgan fingerprint density at radius 1 is 0.692 bits per heavy atom. The molecule has 1 amide bonds. The zero-order chi connectivity index (χ0) is 36.5. The van der Waals surface area contributed by atoms with Crippen molar-refractivity contribution in [2.45, 2.75) is 20.8 Å². The van der Waals surface area contributed by atoms with E-state index in [1.165, 1.54) is 0 Å². The van der Waals surface area contributed by atoms with Crippen molar-refractivity contribution >= 4 is 34.3 Å². The molecule has 6 heteroatoms. The van der Waals surface area contributed by atoms with Crippen molar-refractivity contribution in [2.75, 3.05) is 39.3 Å². The Bertz CT molecular complexity index is 2030. The van der Waals surface area contributed by atoms with E-state index >= 15 is 0 Å². The molecule has 1 aliphatic rings. The first-order valence-corrected chi connectivity index (χ1v) is 17.5. The number of hydrogen-bond donors (Lipinski definition) is 3. The summed E-state index contributed by atoms with van der Waals surface area (Å²) in [6, 6.07) is 35.7. The smallest absolute Gasteiger partial charge is 0.255 e. The van der Waals surface area contributed by atoms with E-state index in [9.17, 15) is 4.79 Å². The molecule has 4 aromatic rings. The van der Waals surface area contributed by atoms with E-state index in [4.69, 9.17) is 0 Å². The standard InChI is InChI=1S/C46H47N5O/c1-5-36(38(7-3)27-32-50(4)44-18-12-9-13-19-44)25-30-48-42-23-21-40(22-24-42)46(52)49-43-17-14-20-45(35-43)51-33-28-39(29-34-51)37(6-2)26-31-47-41-15-10-8-11-16-41/h5-33,35,47-48H,34H2,1-4H3,(H,49,52)/b30-25-,31-26-,32-27-,36-5+,37-6+,38-7+. The van der Waals surface area contributed by atoms with Crippen molar-refractivity contribution in [3.63, 3.8) is 0 Å². The van der Waals surface area contributed by atoms with Gasteiger partial charge in [0.25, 0.3) is 5.91 Å². The summed E-state index contributed by atoms with van der Waals surface area (Å²) in [6.07, 6.45) is 24.9. The van der Waals surface area contributed by atoms with Crippen LogP contribution in [0.15, 0.2) is 205 Å². The summed E-state index contributed by atoms with van der Waals surface area (Å²) in [5.74, 6) is -0.162. The zero-order valence-corrected chi connectivity index (χ0v) is 30.3. The van der Waals surface area contributed by atoms with Crippen LogP contribution in [0.4, 0.5) is 28.4 Å². The monoisotopic (exact) mass is 685 g/mol. The van der Waals surface area contributed by atoms with E-state index in [0.29, 0.717) is 5.56 Å². The quantitative estimate of drug-likeness (QED) is 0.115. The Morgan fingerprint density at radius 3 is 1.98 bits per heavy atom. The van der Waals surface area contributed by atoms with E-state index in [1.54, 1.807) is 0 Å². The predicted molar refractivity (Wildman–Crippen MR) is 223 cm³/mol. The molecule has 4 aromatic carbocycles. The van der Waals surface area contributed by atoms with Crippen molar-refractivity contribution in [3.05, 3.63) is 210 Å². The molecule has 0 atom stereocenters. The fraction of sp³-hybridized carbons (Fsp3) is 0.109. The van der Waals surface area contributed by atoms with Gasteiger partial charge in [-0.25, -0.2) is 0 Å². The van der Waals surface area contributed by atoms with Gasteiger partial charge < -0.3 is 25.8 Å². The summed E-state index contributed by atoms with van der Waals surface area (Å²) >= 11 is 0. The van der Waals surface area contributed by atoms with Crippen LogP contribution in [0.1, 0.15) is 31.1 Å². The van der Waals surface area contributed by atoms with Crippen molar-refractivity contribution < 1.29 is 4.79 Å². The van der Waals surface area contributed by atoms with Gasteiger partial charge in [-0.15, -0.1) is 0 Å². The maximum Gasteiger partial charge on any atom is 0.255 e. The number of carbonyl (C=O) groups excluding carboxylic acids is 1. The number of carbonyl (C=O) groups is 1. The first kappa shape index (κ1) is 36.7. The predicted octanol–water partition coefficient (Wildman–Crippen LogP) is 11.2. The normalized spacial score (nSPS) is 13.9. The van der Waals surface area contributed by atoms with Crippen LogP contribution in [0, 0.1) is 0 Å². The Morgan fingerprint density at radius 2 is 1.33 bits per heavy atom. The lowest BCUT2D eigenvalue weighted by Gasteiger charge is -2.24. The molecular formula is C46H47N5O. The fourth-order valence-corrected chi connectivity index (χ4v) is 5.59. The van der Waals surface area contributed by atoms with E-state index in [2.05, 4.69) is 92.8 Å². The molecule has 0 fully saturated rings. The second-order valence-electron chi connectivity index (χ2n) is 12.0. The number of nitrogens with zero attached hydrogens (tertiary/aromatic N) is 2. The van der Waals surface area contributed by atoms with Gasteiger partial charge in [0.2, 0.25) is 0 Å². The van der Waals surface area contributed by atoms with Crippen molar-refractivity contribution in [2.24, 2.45) is 0 Å². The minimum atomic E-state index is -0.162. The highest BCUT2D eigenvalue weighted by atomic mass is 16.1. The zero-order valence-electron chi connectivity index (χ0n) is 30.3. The molecule has 1 aliphatic heterocycles. The van der Waals surface area contributed by atoms with Crippen LogP contribution < -0.4 is 25.8 Å². The van der Waals surface area contributed by atoms with Crippen molar-refractivity contribution in [1.29, 1.82) is 0 Å². The van der Waals surface area contributed by atoms with Gasteiger partial charge in [0.15, 0.2) is 0 Å². The van der Waals surface area contributed by atoms with Gasteiger partial charge in [-0.2, -0.15) is 0 Å². The molecule has 52 heavy (non-hydrogen) atoms. The number of allylic oxidation sites excluding steroid dienone is 11. The van der Waals surface area contributed by atoms with Crippen LogP contribution in [0.5, 0.6) is 0 Å². The molecule has 0 spiro atoms. The van der Waals surface area contributed by atoms with Gasteiger partial charge in [-0.3, -0.25) is 4.79 Å². The summed E-state index contributed by atoms with van der Waals surface area (Å²) in [5, 5.41) is 9.70. The second-order valence-corrected chi connectivity index (χ2v) is 12.0. The SMILES string of the molecule is C/C=C(\C=C/Nc1ccccc1)C1=CCN(c2cccc(NC(=O)c3ccc(N\C=C/C(=C\C)C(/C=C\N(C)c4ccccc4)=C/C)cc3)c2)C=C1. The molecule has 0 saturated carbocycles. The van der Waals surface area contributed by atoms with Gasteiger partial charge in [0.1, 0.15) is 0 Å². The number of anilines is 5. The minimum absolute atomic E-state index is 0.162. The van der Waals surface area contributed by atoms with Crippen molar-refractivity contribution in [3.8, 4) is 0 Å². The maximum absolute atomic E-state index is 13.2. The Kier molecular flexibility index (Phi) is 13.4. The number of para-hydroxylation sites is 2. The Hall–Kier alpha value is -6.53. The molecule has 0 aromatic heterocycles. The second kappa shape index (κ2) is 19.0. The average Bonchev–Trinajstić information content (AvgIpc) is 3.20. The molecule has 6 nitrogen and oxygen atoms in total. The van der Waals surface area contributed by atoms with Crippen LogP contribution >= 0.6 is 0 Å². The molecule has 0 aliphatic carbocycles. The summed E-state index contributed by atoms with van der Waals surface area (Å²) in [4.78, 5) is 17.4. The highest BCUT2D eigenvalue weighted by molar-refractivity contribution is 6.04. The topological polar surface area (TPSA) is 59.6 Å².